The summed E-state index contributed by atoms with van der Waals surface area (Å²) in [6.07, 6.45) is 0. The van der Waals surface area contributed by atoms with Crippen LogP contribution in [-0.2, 0) is 7.05 Å². The number of hydrogen-bond donors (Lipinski definition) is 3. The lowest BCUT2D eigenvalue weighted by Gasteiger charge is -2.12. The molecule has 4 aromatic rings. The monoisotopic (exact) mass is 387 g/mol. The summed E-state index contributed by atoms with van der Waals surface area (Å²) in [6.45, 7) is 2.11. The second-order valence-electron chi connectivity index (χ2n) is 7.11. The number of amides is 1. The average Bonchev–Trinajstić information content (AvgIpc) is 3.08. The Balaban J connectivity index is 1.79. The van der Waals surface area contributed by atoms with E-state index in [1.54, 1.807) is 23.7 Å². The smallest absolute Gasteiger partial charge is 0.288 e. The molecule has 3 N–H and O–H groups in total. The SMILES string of the molecule is Cc1cc2[nH]c(N(C)c3cccc(C(=O)NO)c3)[n+](C)c2cc1-c1ccccc1. The number of aromatic amines is 1. The van der Waals surface area contributed by atoms with Crippen LogP contribution < -0.4 is 14.9 Å². The third-order valence-electron chi connectivity index (χ3n) is 5.27. The van der Waals surface area contributed by atoms with Crippen molar-refractivity contribution in [3.8, 4) is 11.1 Å². The minimum Gasteiger partial charge on any atom is -0.288 e. The molecule has 29 heavy (non-hydrogen) atoms. The number of nitrogens with zero attached hydrogens (tertiary/aromatic N) is 2. The molecule has 1 amide bonds. The molecule has 6 nitrogen and oxygen atoms in total. The van der Waals surface area contributed by atoms with Gasteiger partial charge >= 0.3 is 5.95 Å². The summed E-state index contributed by atoms with van der Waals surface area (Å²) in [5, 5.41) is 8.90. The van der Waals surface area contributed by atoms with Gasteiger partial charge in [0.25, 0.3) is 5.91 Å². The number of aryl methyl sites for hydroxylation is 2. The second kappa shape index (κ2) is 7.41. The molecular weight excluding hydrogens is 364 g/mol. The second-order valence-corrected chi connectivity index (χ2v) is 7.11. The van der Waals surface area contributed by atoms with Crippen molar-refractivity contribution in [1.29, 1.82) is 0 Å². The molecule has 0 bridgehead atoms. The minimum absolute atomic E-state index is 0.387. The van der Waals surface area contributed by atoms with Gasteiger partial charge in [0.15, 0.2) is 0 Å². The van der Waals surface area contributed by atoms with Gasteiger partial charge in [-0.3, -0.25) is 10.0 Å². The van der Waals surface area contributed by atoms with Crippen molar-refractivity contribution in [2.24, 2.45) is 7.05 Å². The van der Waals surface area contributed by atoms with Crippen LogP contribution in [0.4, 0.5) is 11.6 Å². The first-order chi connectivity index (χ1) is 14.0. The molecule has 0 spiro atoms. The lowest BCUT2D eigenvalue weighted by Crippen LogP contribution is -2.34. The first-order valence-electron chi connectivity index (χ1n) is 9.35. The summed E-state index contributed by atoms with van der Waals surface area (Å²) in [5.41, 5.74) is 8.59. The number of hydrogen-bond acceptors (Lipinski definition) is 3. The molecule has 0 unspecified atom stereocenters. The van der Waals surface area contributed by atoms with E-state index in [2.05, 4.69) is 40.7 Å². The molecule has 0 aliphatic heterocycles. The fourth-order valence-electron chi connectivity index (χ4n) is 3.67. The highest BCUT2D eigenvalue weighted by Gasteiger charge is 2.22. The van der Waals surface area contributed by atoms with E-state index in [0.29, 0.717) is 5.56 Å². The van der Waals surface area contributed by atoms with E-state index in [0.717, 1.165) is 22.7 Å². The van der Waals surface area contributed by atoms with E-state index in [4.69, 9.17) is 5.21 Å². The van der Waals surface area contributed by atoms with E-state index in [9.17, 15) is 4.79 Å². The van der Waals surface area contributed by atoms with Crippen LogP contribution in [0.15, 0.2) is 66.7 Å². The normalized spacial score (nSPS) is 10.9. The van der Waals surface area contributed by atoms with Gasteiger partial charge in [-0.15, -0.1) is 0 Å². The van der Waals surface area contributed by atoms with Crippen molar-refractivity contribution in [3.05, 3.63) is 77.9 Å². The predicted molar refractivity (Wildman–Crippen MR) is 113 cm³/mol. The number of rotatable bonds is 4. The van der Waals surface area contributed by atoms with Gasteiger partial charge in [-0.05, 0) is 53.9 Å². The van der Waals surface area contributed by atoms with Crippen molar-refractivity contribution in [2.45, 2.75) is 6.92 Å². The number of carbonyl (C=O) groups excluding carboxylic acids is 1. The highest BCUT2D eigenvalue weighted by atomic mass is 16.5. The molecular formula is C23H23N4O2+. The maximum atomic E-state index is 11.7. The summed E-state index contributed by atoms with van der Waals surface area (Å²) >= 11 is 0. The molecule has 0 saturated heterocycles. The molecule has 3 aromatic carbocycles. The lowest BCUT2D eigenvalue weighted by molar-refractivity contribution is -0.631. The van der Waals surface area contributed by atoms with Gasteiger partial charge in [0.1, 0.15) is 16.7 Å². The predicted octanol–water partition coefficient (Wildman–Crippen LogP) is 3.85. The maximum absolute atomic E-state index is 11.7. The van der Waals surface area contributed by atoms with Gasteiger partial charge in [0.05, 0.1) is 14.1 Å². The van der Waals surface area contributed by atoms with Gasteiger partial charge in [-0.25, -0.2) is 19.9 Å². The number of fused-ring (bicyclic) bond motifs is 1. The summed E-state index contributed by atoms with van der Waals surface area (Å²) in [6, 6.07) is 21.8. The van der Waals surface area contributed by atoms with E-state index in [1.165, 1.54) is 16.7 Å². The Labute approximate surface area is 169 Å². The standard InChI is InChI=1S/C23H22N4O2/c1-15-12-20-21(14-19(15)16-8-5-4-6-9-16)27(3)23(24-20)26(2)18-11-7-10-17(13-18)22(28)25-29/h4-14H,1-3H3,(H2,25,28,29)/p+1. The van der Waals surface area contributed by atoms with Gasteiger partial charge in [0, 0.05) is 5.56 Å². The summed E-state index contributed by atoms with van der Waals surface area (Å²) in [4.78, 5) is 17.2. The highest BCUT2D eigenvalue weighted by Crippen LogP contribution is 2.29. The average molecular weight is 387 g/mol. The van der Waals surface area contributed by atoms with Gasteiger partial charge in [-0.1, -0.05) is 36.4 Å². The zero-order valence-corrected chi connectivity index (χ0v) is 16.6. The van der Waals surface area contributed by atoms with Crippen LogP contribution in [0.3, 0.4) is 0 Å². The molecule has 0 aliphatic rings. The number of carbonyl (C=O) groups is 1. The number of anilines is 2. The Kier molecular flexibility index (Phi) is 4.78. The number of aromatic nitrogens is 2. The summed E-state index contributed by atoms with van der Waals surface area (Å²) in [7, 11) is 3.95. The van der Waals surface area contributed by atoms with Gasteiger partial charge < -0.3 is 0 Å². The fraction of sp³-hybridized carbons (Fsp3) is 0.130. The molecule has 1 aromatic heterocycles. The first kappa shape index (κ1) is 18.7. The molecule has 0 aliphatic carbocycles. The van der Waals surface area contributed by atoms with Crippen molar-refractivity contribution in [3.63, 3.8) is 0 Å². The highest BCUT2D eigenvalue weighted by molar-refractivity contribution is 5.94. The van der Waals surface area contributed by atoms with Crippen LogP contribution in [0.25, 0.3) is 22.2 Å². The zero-order chi connectivity index (χ0) is 20.5. The Morgan fingerprint density at radius 3 is 2.55 bits per heavy atom. The molecule has 6 heteroatoms. The Morgan fingerprint density at radius 2 is 1.83 bits per heavy atom. The van der Waals surface area contributed by atoms with Crippen molar-refractivity contribution in [1.82, 2.24) is 10.5 Å². The van der Waals surface area contributed by atoms with E-state index in [1.807, 2.05) is 43.3 Å². The molecule has 0 fully saturated rings. The number of H-pyrrole nitrogens is 1. The van der Waals surface area contributed by atoms with Gasteiger partial charge in [0.2, 0.25) is 0 Å². The zero-order valence-electron chi connectivity index (χ0n) is 16.6. The van der Waals surface area contributed by atoms with Crippen LogP contribution in [0, 0.1) is 6.92 Å². The van der Waals surface area contributed by atoms with Crippen LogP contribution in [0.1, 0.15) is 15.9 Å². The number of hydroxylamine groups is 1. The molecule has 0 atom stereocenters. The first-order valence-corrected chi connectivity index (χ1v) is 9.35. The quantitative estimate of drug-likeness (QED) is 0.283. The van der Waals surface area contributed by atoms with Crippen LogP contribution in [0.5, 0.6) is 0 Å². The third-order valence-corrected chi connectivity index (χ3v) is 5.27. The van der Waals surface area contributed by atoms with Crippen molar-refractivity contribution in [2.75, 3.05) is 11.9 Å². The Hall–Kier alpha value is -3.64. The molecule has 0 saturated carbocycles. The largest absolute Gasteiger partial charge is 0.362 e. The van der Waals surface area contributed by atoms with Crippen molar-refractivity contribution < 1.29 is 14.6 Å². The number of benzene rings is 3. The van der Waals surface area contributed by atoms with Crippen molar-refractivity contribution >= 4 is 28.6 Å². The maximum Gasteiger partial charge on any atom is 0.362 e. The van der Waals surface area contributed by atoms with Crippen LogP contribution in [-0.4, -0.2) is 23.1 Å². The fourth-order valence-corrected chi connectivity index (χ4v) is 3.67. The molecule has 1 heterocycles. The summed E-state index contributed by atoms with van der Waals surface area (Å²) in [5.74, 6) is 0.343. The van der Waals surface area contributed by atoms with Gasteiger partial charge in [-0.2, -0.15) is 0 Å². The van der Waals surface area contributed by atoms with E-state index < -0.39 is 5.91 Å². The molecule has 0 radical (unpaired) electrons. The Bertz CT molecular complexity index is 1200. The third kappa shape index (κ3) is 3.34. The lowest BCUT2D eigenvalue weighted by atomic mass is 10.00. The molecule has 4 rings (SSSR count). The number of nitrogens with one attached hydrogen (secondary N) is 2. The summed E-state index contributed by atoms with van der Waals surface area (Å²) < 4.78 is 2.10. The Morgan fingerprint density at radius 1 is 1.07 bits per heavy atom. The van der Waals surface area contributed by atoms with E-state index in [-0.39, 0.29) is 0 Å². The number of imidazole rings is 1. The van der Waals surface area contributed by atoms with Crippen LogP contribution >= 0.6 is 0 Å². The topological polar surface area (TPSA) is 72.2 Å². The van der Waals surface area contributed by atoms with Crippen LogP contribution in [0.2, 0.25) is 0 Å². The van der Waals surface area contributed by atoms with E-state index >= 15 is 0 Å². The minimum atomic E-state index is -0.538. The molecule has 146 valence electrons.